The maximum atomic E-state index is 12.0. The van der Waals surface area contributed by atoms with Crippen LogP contribution in [0, 0.1) is 10.1 Å². The zero-order chi connectivity index (χ0) is 14.8. The summed E-state index contributed by atoms with van der Waals surface area (Å²) in [5, 5.41) is 18.0. The van der Waals surface area contributed by atoms with E-state index in [1.54, 1.807) is 12.1 Å². The van der Waals surface area contributed by atoms with Gasteiger partial charge in [0, 0.05) is 12.3 Å². The molecule has 106 valence electrons. The lowest BCUT2D eigenvalue weighted by Gasteiger charge is -2.02. The Balaban J connectivity index is 2.18. The van der Waals surface area contributed by atoms with E-state index in [9.17, 15) is 18.5 Å². The number of hydrogen-bond donors (Lipinski definition) is 1. The van der Waals surface area contributed by atoms with Crippen molar-refractivity contribution in [3.8, 4) is 0 Å². The summed E-state index contributed by atoms with van der Waals surface area (Å²) in [5.74, 6) is 0. The highest BCUT2D eigenvalue weighted by molar-refractivity contribution is 7.91. The van der Waals surface area contributed by atoms with Crippen molar-refractivity contribution in [3.05, 3.63) is 44.5 Å². The first-order valence-corrected chi connectivity index (χ1v) is 7.78. The van der Waals surface area contributed by atoms with Crippen LogP contribution >= 0.6 is 22.9 Å². The molecule has 0 aliphatic carbocycles. The lowest BCUT2D eigenvalue weighted by Crippen LogP contribution is -2.23. The van der Waals surface area contributed by atoms with E-state index in [1.807, 2.05) is 0 Å². The minimum atomic E-state index is -3.88. The summed E-state index contributed by atoms with van der Waals surface area (Å²) >= 11 is 6.25. The van der Waals surface area contributed by atoms with E-state index >= 15 is 0 Å². The Labute approximate surface area is 122 Å². The van der Waals surface area contributed by atoms with Crippen molar-refractivity contribution in [2.45, 2.75) is 10.8 Å². The summed E-state index contributed by atoms with van der Waals surface area (Å²) in [6.45, 7) is -0.0700. The minimum absolute atomic E-state index is 0.0700. The number of thiophene rings is 1. The number of halogens is 1. The summed E-state index contributed by atoms with van der Waals surface area (Å²) in [6.07, 6.45) is 1.46. The maximum Gasteiger partial charge on any atom is 0.300 e. The predicted octanol–water partition coefficient (Wildman–Crippen LogP) is 1.58. The molecule has 20 heavy (non-hydrogen) atoms. The van der Waals surface area contributed by atoms with Gasteiger partial charge in [-0.1, -0.05) is 11.6 Å². The molecule has 11 heteroatoms. The van der Waals surface area contributed by atoms with Gasteiger partial charge in [-0.25, -0.2) is 13.1 Å². The predicted molar refractivity (Wildman–Crippen MR) is 72.0 cm³/mol. The Bertz CT molecular complexity index is 732. The first-order valence-electron chi connectivity index (χ1n) is 5.10. The normalized spacial score (nSPS) is 11.4. The van der Waals surface area contributed by atoms with E-state index in [0.29, 0.717) is 17.0 Å². The van der Waals surface area contributed by atoms with Crippen LogP contribution in [0.1, 0.15) is 5.69 Å². The molecule has 0 spiro atoms. The highest BCUT2D eigenvalue weighted by atomic mass is 35.5. The molecule has 0 radical (unpaired) electrons. The number of sulfonamides is 1. The highest BCUT2D eigenvalue weighted by Gasteiger charge is 2.25. The quantitative estimate of drug-likeness (QED) is 0.655. The number of aromatic nitrogens is 2. The molecule has 8 nitrogen and oxygen atoms in total. The van der Waals surface area contributed by atoms with Crippen LogP contribution in [0.5, 0.6) is 0 Å². The third kappa shape index (κ3) is 3.28. The molecule has 0 atom stereocenters. The summed E-state index contributed by atoms with van der Waals surface area (Å²) < 4.78 is 25.8. The molecule has 0 saturated heterocycles. The van der Waals surface area contributed by atoms with Crippen molar-refractivity contribution in [2.75, 3.05) is 0 Å². The molecule has 0 aromatic carbocycles. The summed E-state index contributed by atoms with van der Waals surface area (Å²) in [6, 6.07) is 4.13. The zero-order valence-electron chi connectivity index (χ0n) is 9.69. The lowest BCUT2D eigenvalue weighted by molar-refractivity contribution is -0.384. The van der Waals surface area contributed by atoms with E-state index in [-0.39, 0.29) is 15.1 Å². The molecule has 0 bridgehead atoms. The van der Waals surface area contributed by atoms with Gasteiger partial charge >= 0.3 is 0 Å². The average Bonchev–Trinajstić information content (AvgIpc) is 2.81. The molecule has 2 heterocycles. The van der Waals surface area contributed by atoms with E-state index in [4.69, 9.17) is 11.6 Å². The fourth-order valence-corrected chi connectivity index (χ4v) is 3.97. The van der Waals surface area contributed by atoms with E-state index in [1.165, 1.54) is 6.20 Å². The number of hydrogen-bond acceptors (Lipinski definition) is 7. The second kappa shape index (κ2) is 5.79. The van der Waals surface area contributed by atoms with Crippen LogP contribution < -0.4 is 4.72 Å². The third-order valence-corrected chi connectivity index (χ3v) is 5.39. The van der Waals surface area contributed by atoms with Crippen molar-refractivity contribution in [2.24, 2.45) is 0 Å². The summed E-state index contributed by atoms with van der Waals surface area (Å²) in [5.41, 5.74) is -0.00947. The molecule has 0 fully saturated rings. The Hall–Kier alpha value is -1.62. The Morgan fingerprint density at radius 2 is 2.25 bits per heavy atom. The lowest BCUT2D eigenvalue weighted by atomic mass is 10.4. The SMILES string of the molecule is O=[N+]([O-])c1cc(S(=O)(=O)NCc2cccnn2)sc1Cl. The van der Waals surface area contributed by atoms with Gasteiger partial charge in [-0.2, -0.15) is 10.2 Å². The third-order valence-electron chi connectivity index (χ3n) is 2.18. The Morgan fingerprint density at radius 3 is 2.80 bits per heavy atom. The molecule has 0 unspecified atom stereocenters. The molecular weight excluding hydrogens is 328 g/mol. The average molecular weight is 335 g/mol. The second-order valence-electron chi connectivity index (χ2n) is 3.52. The van der Waals surface area contributed by atoms with Crippen molar-refractivity contribution in [1.82, 2.24) is 14.9 Å². The maximum absolute atomic E-state index is 12.0. The molecule has 1 N–H and O–H groups in total. The smallest absolute Gasteiger partial charge is 0.258 e. The fraction of sp³-hybridized carbons (Fsp3) is 0.111. The number of nitrogens with one attached hydrogen (secondary N) is 1. The molecule has 0 amide bonds. The standard InChI is InChI=1S/C9H7ClN4O4S2/c10-9-7(14(15)16)4-8(19-9)20(17,18)12-5-6-2-1-3-11-13-6/h1-4,12H,5H2. The Kier molecular flexibility index (Phi) is 4.28. The largest absolute Gasteiger partial charge is 0.300 e. The molecule has 2 aromatic rings. The van der Waals surface area contributed by atoms with E-state index in [0.717, 1.165) is 6.07 Å². The van der Waals surface area contributed by atoms with Crippen LogP contribution in [0.15, 0.2) is 28.6 Å². The summed E-state index contributed by atoms with van der Waals surface area (Å²) in [7, 11) is -3.88. The Morgan fingerprint density at radius 1 is 1.50 bits per heavy atom. The van der Waals surface area contributed by atoms with Crippen LogP contribution in [-0.4, -0.2) is 23.5 Å². The van der Waals surface area contributed by atoms with Gasteiger partial charge in [0.15, 0.2) is 4.34 Å². The first kappa shape index (κ1) is 14.8. The van der Waals surface area contributed by atoms with Crippen LogP contribution in [-0.2, 0) is 16.6 Å². The van der Waals surface area contributed by atoms with Crippen LogP contribution in [0.25, 0.3) is 0 Å². The minimum Gasteiger partial charge on any atom is -0.258 e. The summed E-state index contributed by atoms with van der Waals surface area (Å²) in [4.78, 5) is 9.90. The number of nitro groups is 1. The van der Waals surface area contributed by atoms with Gasteiger partial charge in [-0.05, 0) is 12.1 Å². The van der Waals surface area contributed by atoms with Gasteiger partial charge in [-0.3, -0.25) is 10.1 Å². The number of nitrogens with zero attached hydrogens (tertiary/aromatic N) is 3. The number of rotatable bonds is 5. The molecule has 2 aromatic heterocycles. The van der Waals surface area contributed by atoms with E-state index < -0.39 is 20.6 Å². The second-order valence-corrected chi connectivity index (χ2v) is 7.17. The monoisotopic (exact) mass is 334 g/mol. The van der Waals surface area contributed by atoms with Crippen molar-refractivity contribution < 1.29 is 13.3 Å². The van der Waals surface area contributed by atoms with Gasteiger partial charge in [0.25, 0.3) is 15.7 Å². The van der Waals surface area contributed by atoms with E-state index in [2.05, 4.69) is 14.9 Å². The van der Waals surface area contributed by atoms with Gasteiger partial charge < -0.3 is 0 Å². The van der Waals surface area contributed by atoms with Gasteiger partial charge in [0.1, 0.15) is 4.21 Å². The van der Waals surface area contributed by atoms with Gasteiger partial charge in [0.05, 0.1) is 17.2 Å². The molecule has 2 rings (SSSR count). The first-order chi connectivity index (χ1) is 9.40. The van der Waals surface area contributed by atoms with Crippen LogP contribution in [0.2, 0.25) is 4.34 Å². The van der Waals surface area contributed by atoms with Crippen LogP contribution in [0.4, 0.5) is 5.69 Å². The van der Waals surface area contributed by atoms with Gasteiger partial charge in [-0.15, -0.1) is 11.3 Å². The molecule has 0 saturated carbocycles. The molecular formula is C9H7ClN4O4S2. The van der Waals surface area contributed by atoms with Crippen molar-refractivity contribution in [3.63, 3.8) is 0 Å². The molecule has 0 aliphatic rings. The highest BCUT2D eigenvalue weighted by Crippen LogP contribution is 2.36. The van der Waals surface area contributed by atoms with Crippen molar-refractivity contribution >= 4 is 38.6 Å². The van der Waals surface area contributed by atoms with Crippen LogP contribution in [0.3, 0.4) is 0 Å². The zero-order valence-corrected chi connectivity index (χ0v) is 12.1. The van der Waals surface area contributed by atoms with Crippen molar-refractivity contribution in [1.29, 1.82) is 0 Å². The fourth-order valence-electron chi connectivity index (χ4n) is 1.26. The van der Waals surface area contributed by atoms with Gasteiger partial charge in [0.2, 0.25) is 0 Å². The topological polar surface area (TPSA) is 115 Å². The molecule has 0 aliphatic heterocycles.